The first-order chi connectivity index (χ1) is 10.4. The fourth-order valence-electron chi connectivity index (χ4n) is 3.46. The summed E-state index contributed by atoms with van der Waals surface area (Å²) < 4.78 is 5.78. The SMILES string of the molecule is c1ccc2c(c1)Cc1cc(NCC3CCCCO3)ccc1-2. The van der Waals surface area contributed by atoms with Crippen molar-refractivity contribution in [2.24, 2.45) is 0 Å². The van der Waals surface area contributed by atoms with E-state index in [0.717, 1.165) is 19.6 Å². The van der Waals surface area contributed by atoms with Crippen molar-refractivity contribution in [1.82, 2.24) is 0 Å². The molecule has 1 heterocycles. The molecule has 1 aliphatic heterocycles. The molecule has 0 saturated carbocycles. The lowest BCUT2D eigenvalue weighted by Gasteiger charge is -2.23. The van der Waals surface area contributed by atoms with Crippen LogP contribution in [-0.2, 0) is 11.2 Å². The van der Waals surface area contributed by atoms with Gasteiger partial charge in [0.1, 0.15) is 0 Å². The Morgan fingerprint density at radius 2 is 1.90 bits per heavy atom. The minimum absolute atomic E-state index is 0.379. The van der Waals surface area contributed by atoms with Gasteiger partial charge in [0.05, 0.1) is 6.10 Å². The summed E-state index contributed by atoms with van der Waals surface area (Å²) in [7, 11) is 0. The van der Waals surface area contributed by atoms with Crippen molar-refractivity contribution in [2.45, 2.75) is 31.8 Å². The molecule has 4 rings (SSSR count). The second kappa shape index (κ2) is 5.53. The van der Waals surface area contributed by atoms with Gasteiger partial charge in [-0.15, -0.1) is 0 Å². The Kier molecular flexibility index (Phi) is 3.40. The Morgan fingerprint density at radius 3 is 2.81 bits per heavy atom. The molecule has 108 valence electrons. The van der Waals surface area contributed by atoms with Crippen LogP contribution in [0.4, 0.5) is 5.69 Å². The van der Waals surface area contributed by atoms with Gasteiger partial charge in [-0.05, 0) is 60.1 Å². The summed E-state index contributed by atoms with van der Waals surface area (Å²) >= 11 is 0. The molecule has 1 unspecified atom stereocenters. The molecule has 1 aliphatic carbocycles. The van der Waals surface area contributed by atoms with Crippen molar-refractivity contribution in [3.8, 4) is 11.1 Å². The highest BCUT2D eigenvalue weighted by Crippen LogP contribution is 2.37. The molecule has 21 heavy (non-hydrogen) atoms. The topological polar surface area (TPSA) is 21.3 Å². The molecule has 2 aromatic rings. The van der Waals surface area contributed by atoms with Gasteiger partial charge in [-0.2, -0.15) is 0 Å². The lowest BCUT2D eigenvalue weighted by atomic mass is 10.1. The minimum Gasteiger partial charge on any atom is -0.382 e. The normalized spacial score (nSPS) is 19.9. The van der Waals surface area contributed by atoms with E-state index < -0.39 is 0 Å². The van der Waals surface area contributed by atoms with Gasteiger partial charge in [-0.3, -0.25) is 0 Å². The van der Waals surface area contributed by atoms with E-state index in [1.807, 2.05) is 0 Å². The monoisotopic (exact) mass is 279 g/mol. The van der Waals surface area contributed by atoms with E-state index in [1.165, 1.54) is 47.2 Å². The first-order valence-electron chi connectivity index (χ1n) is 7.97. The summed E-state index contributed by atoms with van der Waals surface area (Å²) in [5.74, 6) is 0. The van der Waals surface area contributed by atoms with Gasteiger partial charge >= 0.3 is 0 Å². The van der Waals surface area contributed by atoms with Crippen molar-refractivity contribution in [1.29, 1.82) is 0 Å². The molecule has 2 aliphatic rings. The van der Waals surface area contributed by atoms with E-state index in [1.54, 1.807) is 0 Å². The minimum atomic E-state index is 0.379. The van der Waals surface area contributed by atoms with Crippen LogP contribution < -0.4 is 5.32 Å². The van der Waals surface area contributed by atoms with Crippen LogP contribution in [-0.4, -0.2) is 19.3 Å². The first-order valence-corrected chi connectivity index (χ1v) is 7.97. The Bertz CT molecular complexity index is 644. The van der Waals surface area contributed by atoms with Crippen molar-refractivity contribution < 1.29 is 4.74 Å². The van der Waals surface area contributed by atoms with Crippen molar-refractivity contribution in [2.75, 3.05) is 18.5 Å². The fourth-order valence-corrected chi connectivity index (χ4v) is 3.46. The fraction of sp³-hybridized carbons (Fsp3) is 0.368. The first kappa shape index (κ1) is 12.9. The van der Waals surface area contributed by atoms with Gasteiger partial charge in [0.15, 0.2) is 0 Å². The lowest BCUT2D eigenvalue weighted by molar-refractivity contribution is 0.0247. The molecule has 0 amide bonds. The lowest BCUT2D eigenvalue weighted by Crippen LogP contribution is -2.26. The molecule has 1 fully saturated rings. The van der Waals surface area contributed by atoms with Gasteiger partial charge in [0, 0.05) is 18.8 Å². The predicted molar refractivity (Wildman–Crippen MR) is 86.8 cm³/mol. The number of ether oxygens (including phenoxy) is 1. The van der Waals surface area contributed by atoms with Crippen molar-refractivity contribution >= 4 is 5.69 Å². The third-order valence-electron chi connectivity index (χ3n) is 4.60. The highest BCUT2D eigenvalue weighted by Gasteiger charge is 2.18. The highest BCUT2D eigenvalue weighted by molar-refractivity contribution is 5.78. The van der Waals surface area contributed by atoms with E-state index in [4.69, 9.17) is 4.74 Å². The maximum Gasteiger partial charge on any atom is 0.0747 e. The Morgan fingerprint density at radius 1 is 1.00 bits per heavy atom. The van der Waals surface area contributed by atoms with Crippen LogP contribution >= 0.6 is 0 Å². The number of anilines is 1. The van der Waals surface area contributed by atoms with Crippen molar-refractivity contribution in [3.05, 3.63) is 53.6 Å². The summed E-state index contributed by atoms with van der Waals surface area (Å²) in [6.07, 6.45) is 5.13. The Hall–Kier alpha value is -1.80. The largest absolute Gasteiger partial charge is 0.382 e. The van der Waals surface area contributed by atoms with Gasteiger partial charge in [-0.1, -0.05) is 30.3 Å². The molecule has 1 saturated heterocycles. The van der Waals surface area contributed by atoms with E-state index in [9.17, 15) is 0 Å². The quantitative estimate of drug-likeness (QED) is 0.774. The van der Waals surface area contributed by atoms with E-state index in [-0.39, 0.29) is 0 Å². The van der Waals surface area contributed by atoms with Crippen LogP contribution in [0.25, 0.3) is 11.1 Å². The number of hydrogen-bond acceptors (Lipinski definition) is 2. The average Bonchev–Trinajstić information content (AvgIpc) is 2.91. The predicted octanol–water partition coefficient (Wildman–Crippen LogP) is 4.24. The van der Waals surface area contributed by atoms with E-state index in [2.05, 4.69) is 47.8 Å². The van der Waals surface area contributed by atoms with Gasteiger partial charge in [0.25, 0.3) is 0 Å². The van der Waals surface area contributed by atoms with Crippen LogP contribution in [0.1, 0.15) is 30.4 Å². The van der Waals surface area contributed by atoms with Gasteiger partial charge < -0.3 is 10.1 Å². The van der Waals surface area contributed by atoms with Gasteiger partial charge in [0.2, 0.25) is 0 Å². The molecule has 0 bridgehead atoms. The average molecular weight is 279 g/mol. The molecule has 2 nitrogen and oxygen atoms in total. The van der Waals surface area contributed by atoms with E-state index >= 15 is 0 Å². The summed E-state index contributed by atoms with van der Waals surface area (Å²) in [4.78, 5) is 0. The van der Waals surface area contributed by atoms with Crippen LogP contribution in [0.15, 0.2) is 42.5 Å². The van der Waals surface area contributed by atoms with Crippen molar-refractivity contribution in [3.63, 3.8) is 0 Å². The number of benzene rings is 2. The van der Waals surface area contributed by atoms with Gasteiger partial charge in [-0.25, -0.2) is 0 Å². The molecular weight excluding hydrogens is 258 g/mol. The molecule has 0 spiro atoms. The summed E-state index contributed by atoms with van der Waals surface area (Å²) in [6.45, 7) is 1.84. The number of hydrogen-bond donors (Lipinski definition) is 1. The third kappa shape index (κ3) is 2.56. The van der Waals surface area contributed by atoms with Crippen LogP contribution in [0.3, 0.4) is 0 Å². The zero-order chi connectivity index (χ0) is 14.1. The second-order valence-corrected chi connectivity index (χ2v) is 6.08. The van der Waals surface area contributed by atoms with Crippen LogP contribution in [0.2, 0.25) is 0 Å². The zero-order valence-corrected chi connectivity index (χ0v) is 12.3. The molecular formula is C19H21NO. The summed E-state index contributed by atoms with van der Waals surface area (Å²) in [5.41, 5.74) is 6.89. The summed E-state index contributed by atoms with van der Waals surface area (Å²) in [5, 5.41) is 3.55. The number of nitrogens with one attached hydrogen (secondary N) is 1. The zero-order valence-electron chi connectivity index (χ0n) is 12.3. The third-order valence-corrected chi connectivity index (χ3v) is 4.60. The highest BCUT2D eigenvalue weighted by atomic mass is 16.5. The Labute approximate surface area is 126 Å². The molecule has 0 radical (unpaired) electrons. The standard InChI is InChI=1S/C19H21NO/c1-2-7-18-14(5-1)11-15-12-16(8-9-19(15)18)20-13-17-6-3-4-10-21-17/h1-2,5,7-9,12,17,20H,3-4,6,10-11,13H2. The molecule has 1 atom stereocenters. The molecule has 1 N–H and O–H groups in total. The van der Waals surface area contributed by atoms with E-state index in [0.29, 0.717) is 6.10 Å². The molecule has 2 aromatic carbocycles. The second-order valence-electron chi connectivity index (χ2n) is 6.08. The summed E-state index contributed by atoms with van der Waals surface area (Å²) in [6, 6.07) is 15.5. The van der Waals surface area contributed by atoms with Crippen LogP contribution in [0.5, 0.6) is 0 Å². The molecule has 0 aromatic heterocycles. The van der Waals surface area contributed by atoms with Crippen LogP contribution in [0, 0.1) is 0 Å². The number of rotatable bonds is 3. The Balaban J connectivity index is 1.48. The number of fused-ring (bicyclic) bond motifs is 3. The maximum atomic E-state index is 5.78. The smallest absolute Gasteiger partial charge is 0.0747 e. The maximum absolute atomic E-state index is 5.78. The molecule has 2 heteroatoms.